The number of hydrogen-bond donors (Lipinski definition) is 0. The standard InChI is InChI=1S/C13H15BrN2O2S2/c1-10-15-8-12(19-10)9-16(2)20(17,18)13-5-3-11(7-14)4-6-13/h3-6,8H,7,9H2,1-2H3. The minimum atomic E-state index is -3.46. The molecule has 0 unspecified atom stereocenters. The van der Waals surface area contributed by atoms with Gasteiger partial charge in [0.25, 0.3) is 0 Å². The van der Waals surface area contributed by atoms with Crippen LogP contribution in [0.2, 0.25) is 0 Å². The number of nitrogens with zero attached hydrogens (tertiary/aromatic N) is 2. The van der Waals surface area contributed by atoms with E-state index in [1.165, 1.54) is 15.6 Å². The number of benzene rings is 1. The van der Waals surface area contributed by atoms with Crippen molar-refractivity contribution in [1.29, 1.82) is 0 Å². The van der Waals surface area contributed by atoms with E-state index in [-0.39, 0.29) is 0 Å². The largest absolute Gasteiger partial charge is 0.250 e. The third kappa shape index (κ3) is 3.46. The Morgan fingerprint density at radius 2 is 1.95 bits per heavy atom. The van der Waals surface area contributed by atoms with Crippen molar-refractivity contribution in [2.24, 2.45) is 0 Å². The smallest absolute Gasteiger partial charge is 0.243 e. The molecular formula is C13H15BrN2O2S2. The lowest BCUT2D eigenvalue weighted by atomic mass is 10.2. The molecule has 1 heterocycles. The highest BCUT2D eigenvalue weighted by Crippen LogP contribution is 2.20. The Bertz CT molecular complexity index is 681. The number of rotatable bonds is 5. The quantitative estimate of drug-likeness (QED) is 0.755. The third-order valence-corrected chi connectivity index (χ3v) is 6.20. The first-order valence-corrected chi connectivity index (χ1v) is 9.34. The van der Waals surface area contributed by atoms with Gasteiger partial charge in [0, 0.05) is 30.0 Å². The maximum absolute atomic E-state index is 12.4. The second-order valence-corrected chi connectivity index (χ2v) is 8.31. The fraction of sp³-hybridized carbons (Fsp3) is 0.308. The predicted octanol–water partition coefficient (Wildman–Crippen LogP) is 3.17. The Morgan fingerprint density at radius 3 is 2.45 bits per heavy atom. The normalized spacial score (nSPS) is 12.0. The van der Waals surface area contributed by atoms with Crippen LogP contribution in [0.4, 0.5) is 0 Å². The van der Waals surface area contributed by atoms with Crippen LogP contribution >= 0.6 is 27.3 Å². The van der Waals surface area contributed by atoms with Crippen molar-refractivity contribution in [3.63, 3.8) is 0 Å². The number of alkyl halides is 1. The molecule has 7 heteroatoms. The molecule has 0 bridgehead atoms. The number of halogens is 1. The van der Waals surface area contributed by atoms with Gasteiger partial charge in [-0.1, -0.05) is 28.1 Å². The first kappa shape index (κ1) is 15.6. The van der Waals surface area contributed by atoms with Gasteiger partial charge in [-0.05, 0) is 24.6 Å². The van der Waals surface area contributed by atoms with Gasteiger partial charge in [-0.2, -0.15) is 4.31 Å². The molecule has 0 saturated heterocycles. The molecule has 2 rings (SSSR count). The van der Waals surface area contributed by atoms with E-state index < -0.39 is 10.0 Å². The molecule has 0 aliphatic heterocycles. The van der Waals surface area contributed by atoms with Gasteiger partial charge in [0.05, 0.1) is 9.90 Å². The van der Waals surface area contributed by atoms with Gasteiger partial charge in [0.15, 0.2) is 0 Å². The van der Waals surface area contributed by atoms with Gasteiger partial charge in [-0.25, -0.2) is 13.4 Å². The van der Waals surface area contributed by atoms with Crippen LogP contribution in [0.1, 0.15) is 15.4 Å². The van der Waals surface area contributed by atoms with Gasteiger partial charge in [-0.15, -0.1) is 11.3 Å². The lowest BCUT2D eigenvalue weighted by Crippen LogP contribution is -2.26. The zero-order chi connectivity index (χ0) is 14.8. The summed E-state index contributed by atoms with van der Waals surface area (Å²) in [6, 6.07) is 6.90. The summed E-state index contributed by atoms with van der Waals surface area (Å²) in [5.74, 6) is 0. The summed E-state index contributed by atoms with van der Waals surface area (Å²) in [6.45, 7) is 2.25. The molecule has 0 atom stereocenters. The summed E-state index contributed by atoms with van der Waals surface area (Å²) in [4.78, 5) is 5.39. The maximum Gasteiger partial charge on any atom is 0.243 e. The van der Waals surface area contributed by atoms with Crippen LogP contribution in [0.5, 0.6) is 0 Å². The number of aryl methyl sites for hydroxylation is 1. The van der Waals surface area contributed by atoms with Crippen molar-refractivity contribution in [1.82, 2.24) is 9.29 Å². The van der Waals surface area contributed by atoms with Crippen LogP contribution in [0, 0.1) is 6.92 Å². The molecule has 1 aromatic heterocycles. The molecule has 0 aliphatic rings. The summed E-state index contributed by atoms with van der Waals surface area (Å²) in [7, 11) is -1.87. The Hall–Kier alpha value is -0.760. The Kier molecular flexibility index (Phi) is 4.95. The van der Waals surface area contributed by atoms with Crippen molar-refractivity contribution in [2.45, 2.75) is 23.7 Å². The molecule has 0 saturated carbocycles. The second kappa shape index (κ2) is 6.34. The van der Waals surface area contributed by atoms with E-state index in [1.807, 2.05) is 19.1 Å². The van der Waals surface area contributed by atoms with E-state index in [1.54, 1.807) is 25.4 Å². The maximum atomic E-state index is 12.4. The SMILES string of the molecule is Cc1ncc(CN(C)S(=O)(=O)c2ccc(CBr)cc2)s1. The molecule has 0 amide bonds. The lowest BCUT2D eigenvalue weighted by molar-refractivity contribution is 0.469. The predicted molar refractivity (Wildman–Crippen MR) is 84.6 cm³/mol. The highest BCUT2D eigenvalue weighted by atomic mass is 79.9. The Labute approximate surface area is 131 Å². The van der Waals surface area contributed by atoms with E-state index in [2.05, 4.69) is 20.9 Å². The zero-order valence-corrected chi connectivity index (χ0v) is 14.4. The molecule has 1 aromatic carbocycles. The monoisotopic (exact) mass is 374 g/mol. The first-order chi connectivity index (χ1) is 9.43. The molecular weight excluding hydrogens is 360 g/mol. The van der Waals surface area contributed by atoms with Gasteiger partial charge >= 0.3 is 0 Å². The number of thiazole rings is 1. The molecule has 0 spiro atoms. The van der Waals surface area contributed by atoms with Crippen molar-refractivity contribution in [2.75, 3.05) is 7.05 Å². The molecule has 0 aliphatic carbocycles. The molecule has 4 nitrogen and oxygen atoms in total. The van der Waals surface area contributed by atoms with E-state index in [4.69, 9.17) is 0 Å². The van der Waals surface area contributed by atoms with Crippen molar-refractivity contribution < 1.29 is 8.42 Å². The summed E-state index contributed by atoms with van der Waals surface area (Å²) in [5, 5.41) is 1.65. The molecule has 20 heavy (non-hydrogen) atoms. The fourth-order valence-electron chi connectivity index (χ4n) is 1.71. The summed E-state index contributed by atoms with van der Waals surface area (Å²) in [5.41, 5.74) is 1.05. The van der Waals surface area contributed by atoms with Gasteiger partial charge in [0.1, 0.15) is 0 Å². The van der Waals surface area contributed by atoms with Crippen LogP contribution in [-0.2, 0) is 21.9 Å². The molecule has 0 radical (unpaired) electrons. The molecule has 0 N–H and O–H groups in total. The van der Waals surface area contributed by atoms with Crippen LogP contribution < -0.4 is 0 Å². The summed E-state index contributed by atoms with van der Waals surface area (Å²) >= 11 is 4.85. The average Bonchev–Trinajstić information content (AvgIpc) is 2.84. The Balaban J connectivity index is 2.19. The Morgan fingerprint density at radius 1 is 1.30 bits per heavy atom. The number of hydrogen-bond acceptors (Lipinski definition) is 4. The fourth-order valence-corrected chi connectivity index (χ4v) is 4.17. The van der Waals surface area contributed by atoms with Gasteiger partial charge in [0.2, 0.25) is 10.0 Å². The van der Waals surface area contributed by atoms with Crippen LogP contribution in [0.3, 0.4) is 0 Å². The van der Waals surface area contributed by atoms with E-state index >= 15 is 0 Å². The van der Waals surface area contributed by atoms with Crippen molar-refractivity contribution in [3.05, 3.63) is 45.9 Å². The lowest BCUT2D eigenvalue weighted by Gasteiger charge is -2.16. The van der Waals surface area contributed by atoms with Crippen LogP contribution in [0.15, 0.2) is 35.4 Å². The van der Waals surface area contributed by atoms with Gasteiger partial charge in [-0.3, -0.25) is 0 Å². The van der Waals surface area contributed by atoms with Crippen LogP contribution in [-0.4, -0.2) is 24.8 Å². The van der Waals surface area contributed by atoms with E-state index in [0.717, 1.165) is 15.4 Å². The zero-order valence-electron chi connectivity index (χ0n) is 11.2. The van der Waals surface area contributed by atoms with Crippen molar-refractivity contribution in [3.8, 4) is 0 Å². The van der Waals surface area contributed by atoms with Crippen LogP contribution in [0.25, 0.3) is 0 Å². The third-order valence-electron chi connectivity index (χ3n) is 2.83. The van der Waals surface area contributed by atoms with E-state index in [0.29, 0.717) is 16.8 Å². The molecule has 0 fully saturated rings. The summed E-state index contributed by atoms with van der Waals surface area (Å²) in [6.07, 6.45) is 1.72. The highest BCUT2D eigenvalue weighted by Gasteiger charge is 2.21. The first-order valence-electron chi connectivity index (χ1n) is 5.96. The average molecular weight is 375 g/mol. The second-order valence-electron chi connectivity index (χ2n) is 4.38. The summed E-state index contributed by atoms with van der Waals surface area (Å²) < 4.78 is 26.2. The van der Waals surface area contributed by atoms with Crippen molar-refractivity contribution >= 4 is 37.3 Å². The highest BCUT2D eigenvalue weighted by molar-refractivity contribution is 9.08. The topological polar surface area (TPSA) is 50.3 Å². The van der Waals surface area contributed by atoms with Gasteiger partial charge < -0.3 is 0 Å². The molecule has 2 aromatic rings. The van der Waals surface area contributed by atoms with E-state index in [9.17, 15) is 8.42 Å². The minimum absolute atomic E-state index is 0.311. The molecule has 108 valence electrons. The number of sulfonamides is 1. The minimum Gasteiger partial charge on any atom is -0.250 e. The number of aromatic nitrogens is 1.